The molecule has 2 heterocycles. The number of aromatic nitrogens is 4. The Morgan fingerprint density at radius 3 is 2.42 bits per heavy atom. The van der Waals surface area contributed by atoms with Crippen molar-refractivity contribution >= 4 is 0 Å². The Labute approximate surface area is 149 Å². The van der Waals surface area contributed by atoms with E-state index in [0.717, 1.165) is 37.1 Å². The number of aromatic amines is 1. The largest absolute Gasteiger partial charge is 0.479 e. The highest BCUT2D eigenvalue weighted by molar-refractivity contribution is 5.76. The maximum absolute atomic E-state index is 13.3. The van der Waals surface area contributed by atoms with Crippen molar-refractivity contribution in [2.24, 2.45) is 0 Å². The number of H-pyrrole nitrogens is 1. The summed E-state index contributed by atoms with van der Waals surface area (Å²) in [5, 5.41) is 19.4. The lowest BCUT2D eigenvalue weighted by atomic mass is 9.87. The van der Waals surface area contributed by atoms with E-state index in [1.165, 1.54) is 18.3 Å². The lowest BCUT2D eigenvalue weighted by molar-refractivity contribution is 0.121. The topological polar surface area (TPSA) is 94.9 Å². The molecule has 0 saturated heterocycles. The molecule has 1 aliphatic rings. The summed E-state index contributed by atoms with van der Waals surface area (Å²) in [6.07, 6.45) is 4.44. The van der Waals surface area contributed by atoms with Crippen molar-refractivity contribution in [1.82, 2.24) is 19.9 Å². The highest BCUT2D eigenvalue weighted by atomic mass is 19.1. The molecule has 0 bridgehead atoms. The molecule has 1 aromatic carbocycles. The Bertz CT molecular complexity index is 902. The van der Waals surface area contributed by atoms with Crippen molar-refractivity contribution in [3.63, 3.8) is 0 Å². The number of rotatable bonds is 3. The first kappa shape index (κ1) is 16.7. The summed E-state index contributed by atoms with van der Waals surface area (Å²) in [7, 11) is 0. The fraction of sp³-hybridized carbons (Fsp3) is 0.316. The average Bonchev–Trinajstić information content (AvgIpc) is 3.08. The summed E-state index contributed by atoms with van der Waals surface area (Å²) in [6.45, 7) is 0. The molecular formula is C19H19FN4O2. The van der Waals surface area contributed by atoms with Crippen LogP contribution in [0.1, 0.15) is 37.4 Å². The van der Waals surface area contributed by atoms with Crippen LogP contribution in [0.4, 0.5) is 4.39 Å². The first-order valence-electron chi connectivity index (χ1n) is 8.66. The fourth-order valence-corrected chi connectivity index (χ4v) is 3.42. The Morgan fingerprint density at radius 1 is 1.00 bits per heavy atom. The van der Waals surface area contributed by atoms with Crippen LogP contribution in [0.3, 0.4) is 0 Å². The van der Waals surface area contributed by atoms with E-state index in [4.69, 9.17) is 4.98 Å². The number of aliphatic hydroxyl groups excluding tert-OH is 1. The van der Waals surface area contributed by atoms with Crippen molar-refractivity contribution in [1.29, 1.82) is 0 Å². The summed E-state index contributed by atoms with van der Waals surface area (Å²) < 4.78 is 13.3. The van der Waals surface area contributed by atoms with Crippen molar-refractivity contribution in [3.8, 4) is 28.7 Å². The number of hydrogen-bond donors (Lipinski definition) is 3. The maximum atomic E-state index is 13.3. The van der Waals surface area contributed by atoms with Crippen LogP contribution in [-0.4, -0.2) is 36.3 Å². The zero-order valence-corrected chi connectivity index (χ0v) is 14.1. The quantitative estimate of drug-likeness (QED) is 0.670. The van der Waals surface area contributed by atoms with Gasteiger partial charge in [0, 0.05) is 17.7 Å². The Balaban J connectivity index is 1.78. The molecule has 0 atom stereocenters. The number of aliphatic hydroxyl groups is 1. The minimum absolute atomic E-state index is 0.224. The van der Waals surface area contributed by atoms with Crippen LogP contribution in [-0.2, 0) is 0 Å². The van der Waals surface area contributed by atoms with E-state index in [1.807, 2.05) is 0 Å². The van der Waals surface area contributed by atoms with Gasteiger partial charge in [-0.25, -0.2) is 14.4 Å². The third-order valence-corrected chi connectivity index (χ3v) is 4.82. The molecule has 0 radical (unpaired) electrons. The average molecular weight is 354 g/mol. The van der Waals surface area contributed by atoms with Crippen LogP contribution in [0.2, 0.25) is 0 Å². The van der Waals surface area contributed by atoms with Gasteiger partial charge < -0.3 is 15.2 Å². The minimum atomic E-state index is -0.315. The molecular weight excluding hydrogens is 335 g/mol. The second kappa shape index (κ2) is 6.84. The number of nitrogens with zero attached hydrogens (tertiary/aromatic N) is 3. The van der Waals surface area contributed by atoms with E-state index in [9.17, 15) is 14.6 Å². The molecule has 3 aromatic rings. The number of aromatic hydroxyl groups is 1. The molecule has 0 amide bonds. The van der Waals surface area contributed by atoms with Gasteiger partial charge in [0.15, 0.2) is 0 Å². The number of nitrogens with one attached hydrogen (secondary N) is 1. The van der Waals surface area contributed by atoms with Gasteiger partial charge in [0.2, 0.25) is 0 Å². The molecule has 7 heteroatoms. The summed E-state index contributed by atoms with van der Waals surface area (Å²) in [5.74, 6) is 0.734. The van der Waals surface area contributed by atoms with Gasteiger partial charge in [-0.15, -0.1) is 0 Å². The molecule has 0 aliphatic heterocycles. The van der Waals surface area contributed by atoms with Crippen LogP contribution in [0.25, 0.3) is 22.6 Å². The third-order valence-electron chi connectivity index (χ3n) is 4.82. The number of imidazole rings is 1. The van der Waals surface area contributed by atoms with Crippen molar-refractivity contribution in [3.05, 3.63) is 48.2 Å². The van der Waals surface area contributed by atoms with E-state index in [1.54, 1.807) is 18.2 Å². The van der Waals surface area contributed by atoms with Crippen molar-refractivity contribution < 1.29 is 14.6 Å². The van der Waals surface area contributed by atoms with Gasteiger partial charge in [-0.1, -0.05) is 0 Å². The van der Waals surface area contributed by atoms with Crippen LogP contribution >= 0.6 is 0 Å². The van der Waals surface area contributed by atoms with Crippen molar-refractivity contribution in [2.45, 2.75) is 37.7 Å². The minimum Gasteiger partial charge on any atom is -0.479 e. The monoisotopic (exact) mass is 354 g/mol. The zero-order valence-electron chi connectivity index (χ0n) is 14.1. The lowest BCUT2D eigenvalue weighted by Crippen LogP contribution is -2.17. The van der Waals surface area contributed by atoms with Crippen LogP contribution < -0.4 is 0 Å². The predicted octanol–water partition coefficient (Wildman–Crippen LogP) is 3.40. The van der Waals surface area contributed by atoms with Gasteiger partial charge >= 0.3 is 6.01 Å². The molecule has 6 nitrogen and oxygen atoms in total. The highest BCUT2D eigenvalue weighted by Crippen LogP contribution is 2.36. The molecule has 1 saturated carbocycles. The van der Waals surface area contributed by atoms with Crippen LogP contribution in [0.15, 0.2) is 36.5 Å². The van der Waals surface area contributed by atoms with Gasteiger partial charge in [-0.3, -0.25) is 0 Å². The first-order valence-corrected chi connectivity index (χ1v) is 8.66. The van der Waals surface area contributed by atoms with E-state index in [-0.39, 0.29) is 23.8 Å². The molecule has 1 aliphatic carbocycles. The molecule has 0 unspecified atom stereocenters. The van der Waals surface area contributed by atoms with E-state index >= 15 is 0 Å². The molecule has 2 aromatic heterocycles. The van der Waals surface area contributed by atoms with E-state index in [0.29, 0.717) is 17.1 Å². The van der Waals surface area contributed by atoms with Crippen LogP contribution in [0, 0.1) is 5.82 Å². The molecule has 3 N–H and O–H groups in total. The summed E-state index contributed by atoms with van der Waals surface area (Å²) in [6, 6.07) is 7.50. The van der Waals surface area contributed by atoms with Crippen molar-refractivity contribution in [2.75, 3.05) is 0 Å². The number of benzene rings is 1. The highest BCUT2D eigenvalue weighted by Gasteiger charge is 2.25. The summed E-state index contributed by atoms with van der Waals surface area (Å²) >= 11 is 0. The maximum Gasteiger partial charge on any atom is 0.314 e. The van der Waals surface area contributed by atoms with E-state index in [2.05, 4.69) is 15.0 Å². The lowest BCUT2D eigenvalue weighted by Gasteiger charge is -2.23. The van der Waals surface area contributed by atoms with E-state index < -0.39 is 0 Å². The molecule has 0 spiro atoms. The van der Waals surface area contributed by atoms with Gasteiger partial charge in [0.25, 0.3) is 0 Å². The normalized spacial score (nSPS) is 20.2. The second-order valence-electron chi connectivity index (χ2n) is 6.60. The van der Waals surface area contributed by atoms with Gasteiger partial charge in [-0.2, -0.15) is 4.98 Å². The number of halogens is 1. The standard InChI is InChI=1S/C19H19FN4O2/c20-13-5-1-11(2-6-13)16-17(15-9-10-21-19(26)22-15)24-18(23-16)12-3-7-14(25)8-4-12/h1-2,5-6,9-10,12,14,25H,3-4,7-8H2,(H,23,24)(H,21,22,26). The fourth-order valence-electron chi connectivity index (χ4n) is 3.42. The summed E-state index contributed by atoms with van der Waals surface area (Å²) in [5.41, 5.74) is 2.60. The van der Waals surface area contributed by atoms with Gasteiger partial charge in [-0.05, 0) is 56.0 Å². The Morgan fingerprint density at radius 2 is 1.73 bits per heavy atom. The second-order valence-corrected chi connectivity index (χ2v) is 6.60. The molecule has 4 rings (SSSR count). The first-order chi connectivity index (χ1) is 12.6. The number of hydrogen-bond acceptors (Lipinski definition) is 5. The smallest absolute Gasteiger partial charge is 0.314 e. The molecule has 134 valence electrons. The molecule has 26 heavy (non-hydrogen) atoms. The SMILES string of the molecule is Oc1nccc(-c2[nH]c(C3CCC(O)CC3)nc2-c2ccc(F)cc2)n1. The van der Waals surface area contributed by atoms with Gasteiger partial charge in [0.05, 0.1) is 23.2 Å². The Hall–Kier alpha value is -2.80. The van der Waals surface area contributed by atoms with Gasteiger partial charge in [0.1, 0.15) is 11.6 Å². The summed E-state index contributed by atoms with van der Waals surface area (Å²) in [4.78, 5) is 15.9. The third kappa shape index (κ3) is 3.30. The molecule has 1 fully saturated rings. The van der Waals surface area contributed by atoms with Crippen LogP contribution in [0.5, 0.6) is 6.01 Å². The zero-order chi connectivity index (χ0) is 18.1. The Kier molecular flexibility index (Phi) is 4.38. The predicted molar refractivity (Wildman–Crippen MR) is 93.9 cm³/mol.